The number of nitrogens with one attached hydrogen (secondary N) is 2. The summed E-state index contributed by atoms with van der Waals surface area (Å²) in [6.07, 6.45) is 2.42. The fourth-order valence-corrected chi connectivity index (χ4v) is 5.01. The summed E-state index contributed by atoms with van der Waals surface area (Å²) in [5.41, 5.74) is 4.31. The van der Waals surface area contributed by atoms with Crippen molar-refractivity contribution in [3.63, 3.8) is 0 Å². The van der Waals surface area contributed by atoms with Crippen LogP contribution in [0.4, 0.5) is 0 Å². The third-order valence-electron chi connectivity index (χ3n) is 5.96. The van der Waals surface area contributed by atoms with Crippen molar-refractivity contribution in [1.82, 2.24) is 14.9 Å². The standard InChI is InChI=1S/C25H25Br2N3O/c1-3-4-9-30(2)10-11-31-25-23-19(17-12-15(26)5-7-21(17)28-23)14-20-18-13-16(27)6-8-22(18)29-24(20)25/h5-8,12-14,28-29H,3-4,9-11H2,1-2H3. The molecule has 5 aromatic rings. The van der Waals surface area contributed by atoms with Gasteiger partial charge in [-0.3, -0.25) is 0 Å². The second-order valence-electron chi connectivity index (χ2n) is 8.19. The largest absolute Gasteiger partial charge is 0.488 e. The molecule has 0 amide bonds. The molecular formula is C25H25Br2N3O. The average Bonchev–Trinajstić information content (AvgIpc) is 3.29. The highest BCUT2D eigenvalue weighted by molar-refractivity contribution is 9.10. The maximum Gasteiger partial charge on any atom is 0.167 e. The minimum absolute atomic E-state index is 0.645. The highest BCUT2D eigenvalue weighted by Crippen LogP contribution is 2.41. The minimum atomic E-state index is 0.645. The number of aromatic nitrogens is 2. The van der Waals surface area contributed by atoms with E-state index in [2.05, 4.69) is 103 Å². The predicted molar refractivity (Wildman–Crippen MR) is 138 cm³/mol. The monoisotopic (exact) mass is 541 g/mol. The zero-order valence-electron chi connectivity index (χ0n) is 17.7. The van der Waals surface area contributed by atoms with Crippen LogP contribution in [0.25, 0.3) is 43.6 Å². The van der Waals surface area contributed by atoms with Gasteiger partial charge >= 0.3 is 0 Å². The average molecular weight is 543 g/mol. The van der Waals surface area contributed by atoms with Crippen LogP contribution in [0.5, 0.6) is 5.75 Å². The number of unbranched alkanes of at least 4 members (excludes halogenated alkanes) is 1. The highest BCUT2D eigenvalue weighted by atomic mass is 79.9. The Hall–Kier alpha value is -2.02. The molecule has 2 heterocycles. The van der Waals surface area contributed by atoms with Gasteiger partial charge in [0.2, 0.25) is 0 Å². The van der Waals surface area contributed by atoms with E-state index in [1.165, 1.54) is 34.4 Å². The van der Waals surface area contributed by atoms with E-state index in [1.807, 2.05) is 0 Å². The maximum atomic E-state index is 6.48. The molecule has 0 saturated carbocycles. The number of likely N-dealkylation sites (N-methyl/N-ethyl adjacent to an activating group) is 1. The molecule has 0 bridgehead atoms. The van der Waals surface area contributed by atoms with Gasteiger partial charge in [0.1, 0.15) is 6.61 Å². The Labute approximate surface area is 198 Å². The smallest absolute Gasteiger partial charge is 0.167 e. The molecule has 0 spiro atoms. The molecule has 2 aromatic heterocycles. The van der Waals surface area contributed by atoms with Gasteiger partial charge in [0.05, 0.1) is 11.0 Å². The minimum Gasteiger partial charge on any atom is -0.488 e. The summed E-state index contributed by atoms with van der Waals surface area (Å²) in [5.74, 6) is 0.899. The molecule has 0 aliphatic heterocycles. The first-order chi connectivity index (χ1) is 15.0. The molecule has 6 heteroatoms. The first-order valence-electron chi connectivity index (χ1n) is 10.7. The third kappa shape index (κ3) is 3.86. The molecule has 160 valence electrons. The van der Waals surface area contributed by atoms with Gasteiger partial charge in [0, 0.05) is 48.1 Å². The van der Waals surface area contributed by atoms with Gasteiger partial charge in [-0.05, 0) is 62.5 Å². The number of H-pyrrole nitrogens is 2. The van der Waals surface area contributed by atoms with Crippen LogP contribution >= 0.6 is 31.9 Å². The highest BCUT2D eigenvalue weighted by Gasteiger charge is 2.18. The van der Waals surface area contributed by atoms with Gasteiger partial charge in [-0.1, -0.05) is 45.2 Å². The van der Waals surface area contributed by atoms with Crippen LogP contribution in [-0.4, -0.2) is 41.6 Å². The van der Waals surface area contributed by atoms with Gasteiger partial charge in [-0.2, -0.15) is 0 Å². The van der Waals surface area contributed by atoms with Crippen molar-refractivity contribution in [2.45, 2.75) is 19.8 Å². The van der Waals surface area contributed by atoms with Crippen LogP contribution in [0.15, 0.2) is 51.4 Å². The number of halogens is 2. The number of ether oxygens (including phenoxy) is 1. The Balaban J connectivity index is 1.67. The lowest BCUT2D eigenvalue weighted by Gasteiger charge is -2.17. The summed E-state index contributed by atoms with van der Waals surface area (Å²) >= 11 is 7.26. The molecule has 5 rings (SSSR count). The lowest BCUT2D eigenvalue weighted by molar-refractivity contribution is 0.238. The summed E-state index contributed by atoms with van der Waals surface area (Å²) in [4.78, 5) is 9.55. The van der Waals surface area contributed by atoms with E-state index in [0.717, 1.165) is 49.9 Å². The first kappa shape index (κ1) is 20.9. The second kappa shape index (κ2) is 8.49. The Morgan fingerprint density at radius 1 is 0.806 bits per heavy atom. The van der Waals surface area contributed by atoms with Crippen molar-refractivity contribution in [2.75, 3.05) is 26.7 Å². The summed E-state index contributed by atoms with van der Waals surface area (Å²) in [6.45, 7) is 4.87. The molecule has 2 N–H and O–H groups in total. The molecule has 4 nitrogen and oxygen atoms in total. The van der Waals surface area contributed by atoms with Gasteiger partial charge < -0.3 is 19.6 Å². The van der Waals surface area contributed by atoms with Crippen LogP contribution in [0, 0.1) is 0 Å². The van der Waals surface area contributed by atoms with E-state index in [1.54, 1.807) is 0 Å². The molecule has 3 aromatic carbocycles. The molecule has 31 heavy (non-hydrogen) atoms. The normalized spacial score (nSPS) is 12.2. The topological polar surface area (TPSA) is 44.0 Å². The number of fused-ring (bicyclic) bond motifs is 6. The molecule has 0 saturated heterocycles. The zero-order valence-corrected chi connectivity index (χ0v) is 20.9. The molecule has 0 radical (unpaired) electrons. The Morgan fingerprint density at radius 3 is 1.94 bits per heavy atom. The summed E-state index contributed by atoms with van der Waals surface area (Å²) < 4.78 is 8.62. The molecule has 0 fully saturated rings. The van der Waals surface area contributed by atoms with E-state index in [4.69, 9.17) is 4.74 Å². The van der Waals surface area contributed by atoms with Gasteiger partial charge in [-0.25, -0.2) is 0 Å². The van der Waals surface area contributed by atoms with Crippen LogP contribution in [0.3, 0.4) is 0 Å². The van der Waals surface area contributed by atoms with E-state index >= 15 is 0 Å². The van der Waals surface area contributed by atoms with Crippen molar-refractivity contribution < 1.29 is 4.74 Å². The van der Waals surface area contributed by atoms with Gasteiger partial charge in [0.15, 0.2) is 5.75 Å². The van der Waals surface area contributed by atoms with Crippen LogP contribution in [-0.2, 0) is 0 Å². The lowest BCUT2D eigenvalue weighted by atomic mass is 10.1. The zero-order chi connectivity index (χ0) is 21.5. The van der Waals surface area contributed by atoms with Gasteiger partial charge in [0.25, 0.3) is 0 Å². The quantitative estimate of drug-likeness (QED) is 0.222. The fourth-order valence-electron chi connectivity index (χ4n) is 4.29. The predicted octanol–water partition coefficient (Wildman–Crippen LogP) is 7.59. The van der Waals surface area contributed by atoms with Crippen LogP contribution in [0.1, 0.15) is 19.8 Å². The van der Waals surface area contributed by atoms with Crippen molar-refractivity contribution in [1.29, 1.82) is 0 Å². The number of hydrogen-bond donors (Lipinski definition) is 2. The van der Waals surface area contributed by atoms with E-state index in [9.17, 15) is 0 Å². The number of aromatic amines is 2. The fraction of sp³-hybridized carbons (Fsp3) is 0.280. The van der Waals surface area contributed by atoms with Crippen LogP contribution < -0.4 is 4.74 Å². The Kier molecular flexibility index (Phi) is 5.71. The van der Waals surface area contributed by atoms with E-state index in [-0.39, 0.29) is 0 Å². The van der Waals surface area contributed by atoms with Crippen LogP contribution in [0.2, 0.25) is 0 Å². The molecule has 0 aliphatic rings. The molecule has 0 unspecified atom stereocenters. The second-order valence-corrected chi connectivity index (χ2v) is 10.0. The maximum absolute atomic E-state index is 6.48. The summed E-state index contributed by atoms with van der Waals surface area (Å²) in [5, 5.41) is 4.75. The first-order valence-corrected chi connectivity index (χ1v) is 12.3. The van der Waals surface area contributed by atoms with Crippen molar-refractivity contribution in [3.05, 3.63) is 51.4 Å². The Bertz CT molecular complexity index is 1310. The summed E-state index contributed by atoms with van der Waals surface area (Å²) in [6, 6.07) is 15.0. The van der Waals surface area contributed by atoms with Crippen molar-refractivity contribution in [2.24, 2.45) is 0 Å². The summed E-state index contributed by atoms with van der Waals surface area (Å²) in [7, 11) is 2.16. The Morgan fingerprint density at radius 2 is 1.39 bits per heavy atom. The molecule has 0 atom stereocenters. The number of nitrogens with zero attached hydrogens (tertiary/aromatic N) is 1. The van der Waals surface area contributed by atoms with Crippen molar-refractivity contribution >= 4 is 75.5 Å². The molecule has 0 aliphatic carbocycles. The van der Waals surface area contributed by atoms with Crippen molar-refractivity contribution in [3.8, 4) is 5.75 Å². The molecular weight excluding hydrogens is 518 g/mol. The SMILES string of the molecule is CCCCN(C)CCOc1c2[nH]c3ccc(Br)cc3c2cc2c1[nH]c1ccc(Br)cc12. The van der Waals surface area contributed by atoms with E-state index < -0.39 is 0 Å². The third-order valence-corrected chi connectivity index (χ3v) is 6.94. The van der Waals surface area contributed by atoms with E-state index in [0.29, 0.717) is 6.61 Å². The number of hydrogen-bond acceptors (Lipinski definition) is 2. The lowest BCUT2D eigenvalue weighted by Crippen LogP contribution is -2.25. The van der Waals surface area contributed by atoms with Gasteiger partial charge in [-0.15, -0.1) is 0 Å². The number of rotatable bonds is 7. The number of benzene rings is 3.